The highest BCUT2D eigenvalue weighted by Gasteiger charge is 2.43. The molecule has 1 heterocycles. The lowest BCUT2D eigenvalue weighted by Crippen LogP contribution is -2.29. The van der Waals surface area contributed by atoms with E-state index in [1.807, 2.05) is 0 Å². The fraction of sp³-hybridized carbons (Fsp3) is 0.0370. The van der Waals surface area contributed by atoms with Gasteiger partial charge in [-0.25, -0.2) is 0 Å². The van der Waals surface area contributed by atoms with Gasteiger partial charge >= 0.3 is 0 Å². The normalized spacial score (nSPS) is 13.8. The second kappa shape index (κ2) is 16.4. The SMILES string of the molecule is C[Si]1(C)C(c2ccc(P(c3ccccc3)c3ccccc3)cc2)=C(c2ccccc2)C(c2ccccc2)=C1c1ccc(P(c2ccccc2)c2ccccc2)cc1. The van der Waals surface area contributed by atoms with Gasteiger partial charge in [0.1, 0.15) is 8.07 Å². The number of benzene rings is 8. The van der Waals surface area contributed by atoms with Gasteiger partial charge in [-0.15, -0.1) is 0 Å². The van der Waals surface area contributed by atoms with E-state index in [1.165, 1.54) is 75.6 Å². The average Bonchev–Trinajstić information content (AvgIpc) is 3.53. The van der Waals surface area contributed by atoms with Crippen LogP contribution in [0.3, 0.4) is 0 Å². The molecule has 8 aromatic rings. The minimum Gasteiger partial charge on any atom is -0.0622 e. The summed E-state index contributed by atoms with van der Waals surface area (Å²) in [5, 5.41) is 11.2. The second-order valence-corrected chi connectivity index (χ2v) is 23.7. The van der Waals surface area contributed by atoms with Crippen LogP contribution in [-0.4, -0.2) is 8.07 Å². The zero-order chi connectivity index (χ0) is 38.6. The van der Waals surface area contributed by atoms with E-state index in [0.717, 1.165) is 0 Å². The molecule has 0 saturated carbocycles. The van der Waals surface area contributed by atoms with Gasteiger partial charge in [0, 0.05) is 0 Å². The molecule has 0 bridgehead atoms. The average molecular weight is 783 g/mol. The molecule has 0 unspecified atom stereocenters. The molecule has 0 aromatic heterocycles. The summed E-state index contributed by atoms with van der Waals surface area (Å²) in [4.78, 5) is 0. The molecule has 0 fully saturated rings. The summed E-state index contributed by atoms with van der Waals surface area (Å²) in [5.41, 5.74) is 7.93. The standard InChI is InChI=1S/C54H44P2Si/c1-57(2)53(43-33-37-49(38-34-43)55(45-25-13-5-14-26-45)46-27-15-6-16-28-46)51(41-21-9-3-10-22-41)52(42-23-11-4-12-24-42)54(57)44-35-39-50(40-36-44)56(47-29-17-7-18-30-47)48-31-19-8-20-32-48/h3-40H,1-2H3. The monoisotopic (exact) mass is 782 g/mol. The Morgan fingerprint density at radius 1 is 0.246 bits per heavy atom. The van der Waals surface area contributed by atoms with Crippen LogP contribution in [0.15, 0.2) is 231 Å². The molecule has 1 aliphatic heterocycles. The maximum absolute atomic E-state index is 2.57. The predicted octanol–water partition coefficient (Wildman–Crippen LogP) is 11.5. The van der Waals surface area contributed by atoms with Crippen LogP contribution in [0.4, 0.5) is 0 Å². The molecule has 0 spiro atoms. The van der Waals surface area contributed by atoms with Crippen molar-refractivity contribution >= 4 is 77.3 Å². The van der Waals surface area contributed by atoms with Crippen molar-refractivity contribution in [1.82, 2.24) is 0 Å². The fourth-order valence-corrected chi connectivity index (χ4v) is 16.9. The van der Waals surface area contributed by atoms with Crippen LogP contribution >= 0.6 is 15.8 Å². The van der Waals surface area contributed by atoms with Crippen LogP contribution in [0.5, 0.6) is 0 Å². The van der Waals surface area contributed by atoms with Crippen LogP contribution in [-0.2, 0) is 0 Å². The molecule has 3 heteroatoms. The van der Waals surface area contributed by atoms with Crippen LogP contribution < -0.4 is 31.8 Å². The van der Waals surface area contributed by atoms with Gasteiger partial charge < -0.3 is 0 Å². The van der Waals surface area contributed by atoms with Crippen molar-refractivity contribution in [2.75, 3.05) is 0 Å². The molecule has 1 aliphatic rings. The minimum atomic E-state index is -2.35. The molecule has 0 N–H and O–H groups in total. The van der Waals surface area contributed by atoms with Crippen molar-refractivity contribution < 1.29 is 0 Å². The maximum atomic E-state index is 2.57. The van der Waals surface area contributed by atoms with E-state index in [1.54, 1.807) is 0 Å². The van der Waals surface area contributed by atoms with Gasteiger partial charge in [0.25, 0.3) is 0 Å². The first-order valence-corrected chi connectivity index (χ1v) is 25.4. The molecule has 0 amide bonds. The summed E-state index contributed by atoms with van der Waals surface area (Å²) in [6.45, 7) is 5.14. The molecule has 274 valence electrons. The summed E-state index contributed by atoms with van der Waals surface area (Å²) >= 11 is 0. The van der Waals surface area contributed by atoms with Gasteiger partial charge in [0.2, 0.25) is 0 Å². The first-order valence-electron chi connectivity index (χ1n) is 19.7. The van der Waals surface area contributed by atoms with E-state index in [0.29, 0.717) is 0 Å². The number of rotatable bonds is 10. The molecule has 0 atom stereocenters. The van der Waals surface area contributed by atoms with E-state index >= 15 is 0 Å². The van der Waals surface area contributed by atoms with Crippen LogP contribution in [0.2, 0.25) is 13.1 Å². The van der Waals surface area contributed by atoms with E-state index in [9.17, 15) is 0 Å². The molecule has 8 aromatic carbocycles. The highest BCUT2D eigenvalue weighted by Crippen LogP contribution is 2.55. The summed E-state index contributed by atoms with van der Waals surface area (Å²) in [5.74, 6) is 0. The molecule has 0 aliphatic carbocycles. The Kier molecular flexibility index (Phi) is 10.6. The van der Waals surface area contributed by atoms with Gasteiger partial charge in [-0.2, -0.15) is 0 Å². The number of allylic oxidation sites excluding steroid dienone is 2. The highest BCUT2D eigenvalue weighted by atomic mass is 31.1. The molecule has 0 nitrogen and oxygen atoms in total. The van der Waals surface area contributed by atoms with Crippen molar-refractivity contribution in [2.45, 2.75) is 13.1 Å². The zero-order valence-corrected chi connectivity index (χ0v) is 35.1. The van der Waals surface area contributed by atoms with Gasteiger partial charge in [-0.05, 0) is 91.5 Å². The third-order valence-corrected chi connectivity index (χ3v) is 19.5. The van der Waals surface area contributed by atoms with Gasteiger partial charge in [-0.3, -0.25) is 0 Å². The lowest BCUT2D eigenvalue weighted by molar-refractivity contribution is 1.58. The number of hydrogen-bond donors (Lipinski definition) is 0. The van der Waals surface area contributed by atoms with E-state index in [4.69, 9.17) is 0 Å². The van der Waals surface area contributed by atoms with Crippen molar-refractivity contribution in [3.63, 3.8) is 0 Å². The minimum absolute atomic E-state index is 0.695. The lowest BCUT2D eigenvalue weighted by Gasteiger charge is -2.27. The van der Waals surface area contributed by atoms with Crippen LogP contribution in [0.1, 0.15) is 22.3 Å². The van der Waals surface area contributed by atoms with E-state index in [2.05, 4.69) is 244 Å². The van der Waals surface area contributed by atoms with Crippen molar-refractivity contribution in [3.8, 4) is 0 Å². The molecular formula is C54H44P2Si. The van der Waals surface area contributed by atoms with E-state index in [-0.39, 0.29) is 0 Å². The summed E-state index contributed by atoms with van der Waals surface area (Å²) < 4.78 is 0. The third kappa shape index (κ3) is 7.36. The second-order valence-electron chi connectivity index (χ2n) is 15.0. The predicted molar refractivity (Wildman–Crippen MR) is 254 cm³/mol. The van der Waals surface area contributed by atoms with E-state index < -0.39 is 23.9 Å². The first kappa shape index (κ1) is 36.9. The first-order chi connectivity index (χ1) is 28.1. The summed E-state index contributed by atoms with van der Waals surface area (Å²) in [6.07, 6.45) is 0. The van der Waals surface area contributed by atoms with Crippen LogP contribution in [0.25, 0.3) is 21.5 Å². The molecule has 57 heavy (non-hydrogen) atoms. The quantitative estimate of drug-likeness (QED) is 0.0957. The Hall–Kier alpha value is -5.68. The molecular weight excluding hydrogens is 739 g/mol. The van der Waals surface area contributed by atoms with Crippen molar-refractivity contribution in [2.24, 2.45) is 0 Å². The fourth-order valence-electron chi connectivity index (χ4n) is 8.55. The third-order valence-electron chi connectivity index (χ3n) is 11.0. The molecule has 0 radical (unpaired) electrons. The topological polar surface area (TPSA) is 0 Å². The number of hydrogen-bond acceptors (Lipinski definition) is 0. The smallest absolute Gasteiger partial charge is 0.0622 e. The summed E-state index contributed by atoms with van der Waals surface area (Å²) in [6, 6.07) is 85.6. The Morgan fingerprint density at radius 3 is 0.737 bits per heavy atom. The Balaban J connectivity index is 1.20. The molecule has 9 rings (SSSR count). The lowest BCUT2D eigenvalue weighted by atomic mass is 9.89. The Morgan fingerprint density at radius 2 is 0.474 bits per heavy atom. The zero-order valence-electron chi connectivity index (χ0n) is 32.3. The van der Waals surface area contributed by atoms with Crippen LogP contribution in [0, 0.1) is 0 Å². The van der Waals surface area contributed by atoms with Crippen molar-refractivity contribution in [3.05, 3.63) is 253 Å². The Labute approximate surface area is 341 Å². The molecule has 0 saturated heterocycles. The van der Waals surface area contributed by atoms with Crippen molar-refractivity contribution in [1.29, 1.82) is 0 Å². The van der Waals surface area contributed by atoms with Gasteiger partial charge in [0.15, 0.2) is 0 Å². The highest BCUT2D eigenvalue weighted by molar-refractivity contribution is 7.80. The maximum Gasteiger partial charge on any atom is 0.115 e. The summed E-state index contributed by atoms with van der Waals surface area (Å²) in [7, 11) is -3.74. The van der Waals surface area contributed by atoms with Gasteiger partial charge in [0.05, 0.1) is 0 Å². The van der Waals surface area contributed by atoms with Gasteiger partial charge in [-0.1, -0.05) is 244 Å². The Bertz CT molecular complexity index is 2370. The largest absolute Gasteiger partial charge is 0.115 e.